The van der Waals surface area contributed by atoms with E-state index in [0.717, 1.165) is 5.56 Å². The molecule has 0 saturated heterocycles. The molecule has 1 aromatic heterocycles. The number of hydrogen-bond acceptors (Lipinski definition) is 6. The third kappa shape index (κ3) is 3.59. The van der Waals surface area contributed by atoms with Gasteiger partial charge >= 0.3 is 0 Å². The monoisotopic (exact) mass is 339 g/mol. The summed E-state index contributed by atoms with van der Waals surface area (Å²) in [5, 5.41) is 26.5. The van der Waals surface area contributed by atoms with Crippen LogP contribution in [0.15, 0.2) is 48.5 Å². The fraction of sp³-hybridized carbons (Fsp3) is 0.0625. The summed E-state index contributed by atoms with van der Waals surface area (Å²) in [7, 11) is 0. The van der Waals surface area contributed by atoms with Crippen LogP contribution in [0.2, 0.25) is 0 Å². The van der Waals surface area contributed by atoms with Crippen molar-refractivity contribution in [2.75, 3.05) is 0 Å². The largest absolute Gasteiger partial charge is 0.299 e. The zero-order chi connectivity index (χ0) is 17.8. The summed E-state index contributed by atoms with van der Waals surface area (Å²) in [6, 6.07) is 13.8. The van der Waals surface area contributed by atoms with E-state index < -0.39 is 5.09 Å². The molecule has 1 heterocycles. The molecule has 0 radical (unpaired) electrons. The van der Waals surface area contributed by atoms with Gasteiger partial charge in [-0.2, -0.15) is 5.26 Å². The average Bonchev–Trinajstić information content (AvgIpc) is 3.00. The second-order valence-electron chi connectivity index (χ2n) is 5.02. The van der Waals surface area contributed by atoms with E-state index in [4.69, 9.17) is 0 Å². The van der Waals surface area contributed by atoms with E-state index in [2.05, 4.69) is 15.1 Å². The van der Waals surface area contributed by atoms with Crippen molar-refractivity contribution in [3.63, 3.8) is 0 Å². The average molecular weight is 339 g/mol. The summed E-state index contributed by atoms with van der Waals surface area (Å²) < 4.78 is 14.5. The maximum atomic E-state index is 13.0. The van der Waals surface area contributed by atoms with E-state index in [1.54, 1.807) is 24.3 Å². The lowest BCUT2D eigenvalue weighted by Crippen LogP contribution is -2.05. The molecule has 0 aliphatic rings. The van der Waals surface area contributed by atoms with E-state index in [-0.39, 0.29) is 23.8 Å². The molecule has 0 saturated carbocycles. The summed E-state index contributed by atoms with van der Waals surface area (Å²) in [5.74, 6) is -0.286. The summed E-state index contributed by atoms with van der Waals surface area (Å²) >= 11 is 0. The van der Waals surface area contributed by atoms with Crippen LogP contribution < -0.4 is 4.84 Å². The molecule has 0 spiro atoms. The fourth-order valence-corrected chi connectivity index (χ4v) is 2.31. The van der Waals surface area contributed by atoms with Gasteiger partial charge in [0.1, 0.15) is 23.3 Å². The molecule has 0 aliphatic carbocycles. The molecule has 9 heteroatoms. The molecule has 3 rings (SSSR count). The number of aromatic nitrogens is 3. The van der Waals surface area contributed by atoms with E-state index in [1.165, 1.54) is 28.9 Å². The molecule has 3 aromatic rings. The van der Waals surface area contributed by atoms with Crippen molar-refractivity contribution < 1.29 is 14.3 Å². The quantitative estimate of drug-likeness (QED) is 0.522. The van der Waals surface area contributed by atoms with Gasteiger partial charge in [0, 0.05) is 5.56 Å². The van der Waals surface area contributed by atoms with Crippen molar-refractivity contribution in [2.45, 2.75) is 6.54 Å². The predicted molar refractivity (Wildman–Crippen MR) is 83.3 cm³/mol. The second-order valence-corrected chi connectivity index (χ2v) is 5.02. The standard InChI is InChI=1S/C16H10FN5O3/c17-13-5-1-11(2-6-13)10-21-16(15(9-18)19-20-21)12-3-7-14(8-4-12)25-22(23)24/h1-8H,10H2. The highest BCUT2D eigenvalue weighted by molar-refractivity contribution is 5.65. The first-order chi connectivity index (χ1) is 12.1. The highest BCUT2D eigenvalue weighted by Gasteiger charge is 2.15. The number of nitriles is 1. The van der Waals surface area contributed by atoms with Gasteiger partial charge in [0.25, 0.3) is 5.09 Å². The van der Waals surface area contributed by atoms with E-state index in [9.17, 15) is 19.8 Å². The number of hydrogen-bond donors (Lipinski definition) is 0. The lowest BCUT2D eigenvalue weighted by molar-refractivity contribution is -0.711. The van der Waals surface area contributed by atoms with Gasteiger partial charge in [-0.15, -0.1) is 15.2 Å². The lowest BCUT2D eigenvalue weighted by Gasteiger charge is -2.08. The molecule has 0 aliphatic heterocycles. The van der Waals surface area contributed by atoms with Gasteiger partial charge in [0.2, 0.25) is 0 Å². The van der Waals surface area contributed by atoms with Gasteiger partial charge in [-0.25, -0.2) is 9.07 Å². The summed E-state index contributed by atoms with van der Waals surface area (Å²) in [6.45, 7) is 0.289. The molecule has 0 bridgehead atoms. The van der Waals surface area contributed by atoms with Crippen molar-refractivity contribution in [1.82, 2.24) is 15.0 Å². The maximum absolute atomic E-state index is 13.0. The SMILES string of the molecule is N#Cc1nnn(Cc2ccc(F)cc2)c1-c1ccc(O[N+](=O)[O-])cc1. The minimum Gasteiger partial charge on any atom is -0.276 e. The second kappa shape index (κ2) is 6.76. The van der Waals surface area contributed by atoms with Crippen molar-refractivity contribution in [2.24, 2.45) is 0 Å². The molecular weight excluding hydrogens is 329 g/mol. The first kappa shape index (κ1) is 16.1. The third-order valence-corrected chi connectivity index (χ3v) is 3.39. The molecule has 0 atom stereocenters. The van der Waals surface area contributed by atoms with Crippen LogP contribution >= 0.6 is 0 Å². The molecule has 8 nitrogen and oxygen atoms in total. The molecule has 0 fully saturated rings. The Kier molecular flexibility index (Phi) is 4.34. The molecular formula is C16H10FN5O3. The van der Waals surface area contributed by atoms with E-state index in [1.807, 2.05) is 6.07 Å². The molecule has 124 valence electrons. The van der Waals surface area contributed by atoms with Gasteiger partial charge in [-0.3, -0.25) is 4.84 Å². The maximum Gasteiger partial charge on any atom is 0.299 e. The molecule has 0 amide bonds. The van der Waals surface area contributed by atoms with Crippen LogP contribution in [0.5, 0.6) is 5.75 Å². The van der Waals surface area contributed by atoms with Gasteiger partial charge in [-0.1, -0.05) is 29.5 Å². The highest BCUT2D eigenvalue weighted by Crippen LogP contribution is 2.25. The lowest BCUT2D eigenvalue weighted by atomic mass is 10.1. The Morgan fingerprint density at radius 3 is 2.48 bits per heavy atom. The van der Waals surface area contributed by atoms with Crippen molar-refractivity contribution in [3.05, 3.63) is 75.7 Å². The summed E-state index contributed by atoms with van der Waals surface area (Å²) in [6.07, 6.45) is 0. The smallest absolute Gasteiger partial charge is 0.276 e. The van der Waals surface area contributed by atoms with Crippen molar-refractivity contribution in [3.8, 4) is 23.1 Å². The van der Waals surface area contributed by atoms with Crippen LogP contribution in [0.3, 0.4) is 0 Å². The van der Waals surface area contributed by atoms with E-state index >= 15 is 0 Å². The summed E-state index contributed by atoms with van der Waals surface area (Å²) in [5.41, 5.74) is 1.95. The minimum absolute atomic E-state index is 0.0600. The molecule has 25 heavy (non-hydrogen) atoms. The molecule has 0 N–H and O–H groups in total. The topological polar surface area (TPSA) is 107 Å². The first-order valence-corrected chi connectivity index (χ1v) is 7.07. The Morgan fingerprint density at radius 2 is 1.88 bits per heavy atom. The Labute approximate surface area is 140 Å². The first-order valence-electron chi connectivity index (χ1n) is 7.07. The third-order valence-electron chi connectivity index (χ3n) is 3.39. The Hall–Kier alpha value is -3.80. The van der Waals surface area contributed by atoms with Crippen LogP contribution in [-0.4, -0.2) is 20.1 Å². The van der Waals surface area contributed by atoms with Gasteiger partial charge in [0.15, 0.2) is 5.69 Å². The van der Waals surface area contributed by atoms with Crippen LogP contribution in [0.1, 0.15) is 11.3 Å². The number of nitrogens with zero attached hydrogens (tertiary/aromatic N) is 5. The van der Waals surface area contributed by atoms with E-state index in [0.29, 0.717) is 11.3 Å². The van der Waals surface area contributed by atoms with Gasteiger partial charge in [-0.05, 0) is 29.8 Å². The van der Waals surface area contributed by atoms with Gasteiger partial charge in [0.05, 0.1) is 6.54 Å². The minimum atomic E-state index is -0.907. The van der Waals surface area contributed by atoms with Crippen LogP contribution in [0.4, 0.5) is 4.39 Å². The van der Waals surface area contributed by atoms with Crippen LogP contribution in [0.25, 0.3) is 11.3 Å². The zero-order valence-electron chi connectivity index (χ0n) is 12.7. The zero-order valence-corrected chi connectivity index (χ0v) is 12.7. The fourth-order valence-electron chi connectivity index (χ4n) is 2.31. The number of rotatable bonds is 5. The Morgan fingerprint density at radius 1 is 1.20 bits per heavy atom. The Bertz CT molecular complexity index is 945. The number of benzene rings is 2. The number of halogens is 1. The molecule has 2 aromatic carbocycles. The Balaban J connectivity index is 1.95. The van der Waals surface area contributed by atoms with Crippen LogP contribution in [-0.2, 0) is 6.54 Å². The summed E-state index contributed by atoms with van der Waals surface area (Å²) in [4.78, 5) is 14.7. The molecule has 0 unspecified atom stereocenters. The predicted octanol–water partition coefficient (Wildman–Crippen LogP) is 2.57. The van der Waals surface area contributed by atoms with Crippen molar-refractivity contribution >= 4 is 0 Å². The highest BCUT2D eigenvalue weighted by atomic mass is 19.1. The van der Waals surface area contributed by atoms with Crippen molar-refractivity contribution in [1.29, 1.82) is 5.26 Å². The van der Waals surface area contributed by atoms with Gasteiger partial charge < -0.3 is 0 Å². The van der Waals surface area contributed by atoms with Crippen LogP contribution in [0, 0.1) is 27.3 Å². The normalized spacial score (nSPS) is 10.2.